The van der Waals surface area contributed by atoms with Crippen LogP contribution in [0.1, 0.15) is 19.4 Å². The van der Waals surface area contributed by atoms with Crippen LogP contribution in [0.4, 0.5) is 18.9 Å². The highest BCUT2D eigenvalue weighted by Gasteiger charge is 2.36. The monoisotopic (exact) mass is 307 g/mol. The molecule has 112 valence electrons. The number of hydrogen-bond donors (Lipinski definition) is 1. The van der Waals surface area contributed by atoms with Gasteiger partial charge in [0.05, 0.1) is 0 Å². The van der Waals surface area contributed by atoms with Gasteiger partial charge in [0.15, 0.2) is 4.90 Å². The fourth-order valence-electron chi connectivity index (χ4n) is 1.44. The number of benzene rings is 1. The summed E-state index contributed by atoms with van der Waals surface area (Å²) >= 11 is -2.18. The zero-order valence-electron chi connectivity index (χ0n) is 11.4. The van der Waals surface area contributed by atoms with Crippen molar-refractivity contribution in [2.45, 2.75) is 31.8 Å². The number of nitrogens with one attached hydrogen (secondary N) is 1. The molecule has 0 aliphatic carbocycles. The van der Waals surface area contributed by atoms with Gasteiger partial charge in [0, 0.05) is 23.2 Å². The molecule has 0 radical (unpaired) electrons. The maximum Gasteiger partial charge on any atom is 0.433 e. The summed E-state index contributed by atoms with van der Waals surface area (Å²) in [7, 11) is 0. The molecule has 0 saturated carbocycles. The molecule has 0 heterocycles. The van der Waals surface area contributed by atoms with Crippen molar-refractivity contribution in [3.8, 4) is 0 Å². The van der Waals surface area contributed by atoms with Gasteiger partial charge in [-0.25, -0.2) is 0 Å². The van der Waals surface area contributed by atoms with E-state index < -0.39 is 23.1 Å². The van der Waals surface area contributed by atoms with Crippen LogP contribution in [0.25, 0.3) is 0 Å². The van der Waals surface area contributed by atoms with Crippen LogP contribution < -0.4 is 5.32 Å². The molecular formula is C13H16F3NO2S. The number of rotatable bonds is 4. The van der Waals surface area contributed by atoms with E-state index in [-0.39, 0.29) is 16.7 Å². The van der Waals surface area contributed by atoms with Crippen molar-refractivity contribution in [2.75, 3.05) is 11.1 Å². The summed E-state index contributed by atoms with van der Waals surface area (Å²) in [6.07, 6.45) is -4.49. The Labute approximate surface area is 118 Å². The fraction of sp³-hybridized carbons (Fsp3) is 0.462. The van der Waals surface area contributed by atoms with Crippen molar-refractivity contribution in [2.24, 2.45) is 5.92 Å². The number of hydrogen-bond acceptors (Lipinski definition) is 2. The molecule has 1 N–H and O–H groups in total. The normalized spacial score (nSPS) is 13.4. The third-order valence-electron chi connectivity index (χ3n) is 2.52. The summed E-state index contributed by atoms with van der Waals surface area (Å²) in [5.74, 6) is -1.89. The molecule has 1 aromatic rings. The van der Waals surface area contributed by atoms with Gasteiger partial charge in [-0.2, -0.15) is 13.2 Å². The second-order valence-electron chi connectivity index (χ2n) is 4.73. The number of alkyl halides is 3. The Morgan fingerprint density at radius 3 is 2.50 bits per heavy atom. The molecule has 0 saturated heterocycles. The van der Waals surface area contributed by atoms with Crippen molar-refractivity contribution in [1.29, 1.82) is 0 Å². The summed E-state index contributed by atoms with van der Waals surface area (Å²) in [5.41, 5.74) is 0.843. The third-order valence-corrected chi connectivity index (χ3v) is 4.04. The van der Waals surface area contributed by atoms with Crippen LogP contribution >= 0.6 is 0 Å². The van der Waals surface area contributed by atoms with E-state index in [1.807, 2.05) is 0 Å². The first-order valence-electron chi connectivity index (χ1n) is 5.97. The number of amides is 1. The molecule has 0 fully saturated rings. The zero-order chi connectivity index (χ0) is 15.5. The largest absolute Gasteiger partial charge is 0.611 e. The van der Waals surface area contributed by atoms with Gasteiger partial charge < -0.3 is 9.87 Å². The van der Waals surface area contributed by atoms with Gasteiger partial charge in [-0.15, -0.1) is 0 Å². The van der Waals surface area contributed by atoms with Crippen LogP contribution in [0.5, 0.6) is 0 Å². The van der Waals surface area contributed by atoms with E-state index >= 15 is 0 Å². The summed E-state index contributed by atoms with van der Waals surface area (Å²) < 4.78 is 48.6. The second kappa shape index (κ2) is 6.49. The van der Waals surface area contributed by atoms with E-state index in [1.54, 1.807) is 32.9 Å². The minimum Gasteiger partial charge on any atom is -0.611 e. The van der Waals surface area contributed by atoms with Crippen molar-refractivity contribution in [3.05, 3.63) is 23.8 Å². The van der Waals surface area contributed by atoms with E-state index in [0.29, 0.717) is 11.3 Å². The van der Waals surface area contributed by atoms with Gasteiger partial charge in [0.1, 0.15) is 0 Å². The molecule has 1 aromatic carbocycles. The van der Waals surface area contributed by atoms with Crippen molar-refractivity contribution in [3.63, 3.8) is 0 Å². The number of carbonyl (C=O) groups is 1. The molecule has 1 rings (SSSR count). The predicted octanol–water partition coefficient (Wildman–Crippen LogP) is 3.26. The molecule has 20 heavy (non-hydrogen) atoms. The average Bonchev–Trinajstić information content (AvgIpc) is 2.29. The van der Waals surface area contributed by atoms with E-state index in [0.717, 1.165) is 0 Å². The number of halogens is 3. The first-order chi connectivity index (χ1) is 9.10. The SMILES string of the molecule is Cc1ccc(NC(=O)C(C)C)cc1[S+]([O-])CC(F)(F)F. The molecule has 0 aliphatic heterocycles. The lowest BCUT2D eigenvalue weighted by Gasteiger charge is -2.16. The maximum absolute atomic E-state index is 12.3. The predicted molar refractivity (Wildman–Crippen MR) is 72.0 cm³/mol. The van der Waals surface area contributed by atoms with Crippen molar-refractivity contribution < 1.29 is 22.5 Å². The molecule has 0 bridgehead atoms. The maximum atomic E-state index is 12.3. The molecule has 1 atom stereocenters. The van der Waals surface area contributed by atoms with Crippen LogP contribution in [0.15, 0.2) is 23.1 Å². The summed E-state index contributed by atoms with van der Waals surface area (Å²) in [4.78, 5) is 11.6. The summed E-state index contributed by atoms with van der Waals surface area (Å²) in [6, 6.07) is 4.45. The Kier molecular flexibility index (Phi) is 5.47. The van der Waals surface area contributed by atoms with E-state index in [1.165, 1.54) is 6.07 Å². The number of aryl methyl sites for hydroxylation is 1. The van der Waals surface area contributed by atoms with E-state index in [4.69, 9.17) is 0 Å². The molecule has 3 nitrogen and oxygen atoms in total. The Bertz CT molecular complexity index is 489. The fourth-order valence-corrected chi connectivity index (χ4v) is 2.57. The van der Waals surface area contributed by atoms with Gasteiger partial charge >= 0.3 is 6.18 Å². The highest BCUT2D eigenvalue weighted by molar-refractivity contribution is 7.91. The first kappa shape index (κ1) is 16.8. The summed E-state index contributed by atoms with van der Waals surface area (Å²) in [5, 5.41) is 2.57. The first-order valence-corrected chi connectivity index (χ1v) is 7.28. The Hall–Kier alpha value is -1.21. The van der Waals surface area contributed by atoms with Crippen LogP contribution in [0.2, 0.25) is 0 Å². The van der Waals surface area contributed by atoms with Gasteiger partial charge in [-0.05, 0) is 24.2 Å². The molecule has 1 unspecified atom stereocenters. The smallest absolute Gasteiger partial charge is 0.433 e. The quantitative estimate of drug-likeness (QED) is 0.868. The standard InChI is InChI=1S/C13H16F3NO2S/c1-8(2)12(18)17-10-5-4-9(3)11(6-10)20(19)7-13(14,15)16/h4-6,8H,7H2,1-3H3,(H,17,18). The highest BCUT2D eigenvalue weighted by atomic mass is 32.2. The lowest BCUT2D eigenvalue weighted by Crippen LogP contribution is -2.24. The van der Waals surface area contributed by atoms with Crippen molar-refractivity contribution >= 4 is 22.8 Å². The summed E-state index contributed by atoms with van der Waals surface area (Å²) in [6.45, 7) is 4.98. The molecule has 0 aromatic heterocycles. The Balaban J connectivity index is 2.94. The van der Waals surface area contributed by atoms with Crippen LogP contribution in [-0.2, 0) is 16.0 Å². The molecule has 1 amide bonds. The van der Waals surface area contributed by atoms with Gasteiger partial charge in [0.2, 0.25) is 11.7 Å². The Morgan fingerprint density at radius 2 is 2.00 bits per heavy atom. The van der Waals surface area contributed by atoms with Crippen molar-refractivity contribution in [1.82, 2.24) is 0 Å². The molecular weight excluding hydrogens is 291 g/mol. The number of anilines is 1. The van der Waals surface area contributed by atoms with E-state index in [2.05, 4.69) is 5.32 Å². The minimum absolute atomic E-state index is 0.0869. The van der Waals surface area contributed by atoms with Crippen LogP contribution in [0.3, 0.4) is 0 Å². The third kappa shape index (κ3) is 5.05. The zero-order valence-corrected chi connectivity index (χ0v) is 12.2. The number of carbonyl (C=O) groups excluding carboxylic acids is 1. The topological polar surface area (TPSA) is 52.2 Å². The minimum atomic E-state index is -4.49. The second-order valence-corrected chi connectivity index (χ2v) is 6.15. The molecule has 0 spiro atoms. The van der Waals surface area contributed by atoms with Gasteiger partial charge in [-0.3, -0.25) is 4.79 Å². The highest BCUT2D eigenvalue weighted by Crippen LogP contribution is 2.26. The average molecular weight is 307 g/mol. The molecule has 7 heteroatoms. The van der Waals surface area contributed by atoms with Crippen LogP contribution in [-0.4, -0.2) is 22.4 Å². The lowest BCUT2D eigenvalue weighted by atomic mass is 10.2. The van der Waals surface area contributed by atoms with Gasteiger partial charge in [-0.1, -0.05) is 19.9 Å². The molecule has 0 aliphatic rings. The van der Waals surface area contributed by atoms with Crippen LogP contribution in [0, 0.1) is 12.8 Å². The lowest BCUT2D eigenvalue weighted by molar-refractivity contribution is -0.119. The Morgan fingerprint density at radius 1 is 1.40 bits per heavy atom. The van der Waals surface area contributed by atoms with Gasteiger partial charge in [0.25, 0.3) is 0 Å². The van der Waals surface area contributed by atoms with E-state index in [9.17, 15) is 22.5 Å².